The molecule has 0 unspecified atom stereocenters. The number of rotatable bonds is 3. The minimum absolute atomic E-state index is 0.722. The number of hydrogen-bond acceptors (Lipinski definition) is 5. The number of thiophene rings is 1. The fraction of sp³-hybridized carbons (Fsp3) is 0.357. The Bertz CT molecular complexity index is 771. The molecule has 3 heterocycles. The summed E-state index contributed by atoms with van der Waals surface area (Å²) in [5.74, 6) is 0.903. The molecule has 3 rings (SSSR count). The zero-order valence-corrected chi connectivity index (χ0v) is 12.9. The zero-order valence-electron chi connectivity index (χ0n) is 12.1. The van der Waals surface area contributed by atoms with Crippen LogP contribution in [-0.4, -0.2) is 19.7 Å². The second-order valence-corrected chi connectivity index (χ2v) is 6.16. The molecule has 0 aliphatic heterocycles. The lowest BCUT2D eigenvalue weighted by Gasteiger charge is -2.06. The first kappa shape index (κ1) is 13.1. The third-order valence-electron chi connectivity index (χ3n) is 3.53. The zero-order chi connectivity index (χ0) is 14.3. The Hall–Kier alpha value is -1.95. The Kier molecular flexibility index (Phi) is 3.17. The van der Waals surface area contributed by atoms with Crippen molar-refractivity contribution in [1.29, 1.82) is 0 Å². The molecule has 0 bridgehead atoms. The smallest absolute Gasteiger partial charge is 0.138 e. The fourth-order valence-corrected chi connectivity index (χ4v) is 3.31. The highest BCUT2D eigenvalue weighted by Gasteiger charge is 2.12. The minimum Gasteiger partial charge on any atom is -0.365 e. The summed E-state index contributed by atoms with van der Waals surface area (Å²) in [4.78, 5) is 11.1. The van der Waals surface area contributed by atoms with Gasteiger partial charge in [0.1, 0.15) is 17.0 Å². The number of aryl methyl sites for hydroxylation is 4. The Morgan fingerprint density at radius 2 is 2.05 bits per heavy atom. The van der Waals surface area contributed by atoms with Gasteiger partial charge in [0.2, 0.25) is 0 Å². The van der Waals surface area contributed by atoms with Crippen LogP contribution in [0.5, 0.6) is 0 Å². The van der Waals surface area contributed by atoms with E-state index in [1.165, 1.54) is 16.0 Å². The molecule has 5 nitrogen and oxygen atoms in total. The molecular weight excluding hydrogens is 270 g/mol. The highest BCUT2D eigenvalue weighted by molar-refractivity contribution is 7.18. The van der Waals surface area contributed by atoms with E-state index >= 15 is 0 Å². The van der Waals surface area contributed by atoms with Crippen LogP contribution in [0.2, 0.25) is 0 Å². The predicted octanol–water partition coefficient (Wildman–Crippen LogP) is 2.96. The van der Waals surface area contributed by atoms with Gasteiger partial charge < -0.3 is 5.32 Å². The summed E-state index contributed by atoms with van der Waals surface area (Å²) >= 11 is 1.71. The van der Waals surface area contributed by atoms with Gasteiger partial charge in [0.05, 0.1) is 11.1 Å². The van der Waals surface area contributed by atoms with Crippen LogP contribution in [0.1, 0.15) is 21.7 Å². The van der Waals surface area contributed by atoms with E-state index in [0.717, 1.165) is 28.3 Å². The number of fused-ring (bicyclic) bond motifs is 1. The number of aromatic nitrogens is 4. The SMILES string of the molecule is Cc1nn(C)cc1CNc1ncnc2sc(C)c(C)c12. The first-order valence-electron chi connectivity index (χ1n) is 6.50. The highest BCUT2D eigenvalue weighted by atomic mass is 32.1. The van der Waals surface area contributed by atoms with E-state index in [0.29, 0.717) is 0 Å². The molecule has 3 aromatic heterocycles. The van der Waals surface area contributed by atoms with Gasteiger partial charge in [-0.25, -0.2) is 9.97 Å². The van der Waals surface area contributed by atoms with Crippen LogP contribution in [-0.2, 0) is 13.6 Å². The molecule has 0 aliphatic carbocycles. The molecule has 0 radical (unpaired) electrons. The van der Waals surface area contributed by atoms with Crippen molar-refractivity contribution in [1.82, 2.24) is 19.7 Å². The maximum atomic E-state index is 4.39. The molecule has 104 valence electrons. The van der Waals surface area contributed by atoms with Gasteiger partial charge in [-0.2, -0.15) is 5.10 Å². The van der Waals surface area contributed by atoms with E-state index in [1.54, 1.807) is 17.7 Å². The number of nitrogens with one attached hydrogen (secondary N) is 1. The van der Waals surface area contributed by atoms with Gasteiger partial charge in [-0.1, -0.05) is 0 Å². The maximum Gasteiger partial charge on any atom is 0.138 e. The van der Waals surface area contributed by atoms with Crippen LogP contribution in [0, 0.1) is 20.8 Å². The van der Waals surface area contributed by atoms with Gasteiger partial charge in [0.15, 0.2) is 0 Å². The lowest BCUT2D eigenvalue weighted by atomic mass is 10.2. The Balaban J connectivity index is 1.93. The van der Waals surface area contributed by atoms with Crippen LogP contribution < -0.4 is 5.32 Å². The Morgan fingerprint density at radius 3 is 2.75 bits per heavy atom. The molecule has 0 aromatic carbocycles. The summed E-state index contributed by atoms with van der Waals surface area (Å²) in [6.07, 6.45) is 3.66. The van der Waals surface area contributed by atoms with E-state index in [4.69, 9.17) is 0 Å². The van der Waals surface area contributed by atoms with Crippen molar-refractivity contribution in [2.24, 2.45) is 7.05 Å². The number of hydrogen-bond donors (Lipinski definition) is 1. The third kappa shape index (κ3) is 2.16. The van der Waals surface area contributed by atoms with Gasteiger partial charge in [-0.3, -0.25) is 4.68 Å². The summed E-state index contributed by atoms with van der Waals surface area (Å²) in [5.41, 5.74) is 3.49. The molecular formula is C14H17N5S. The molecule has 0 saturated heterocycles. The average molecular weight is 287 g/mol. The maximum absolute atomic E-state index is 4.39. The standard InChI is InChI=1S/C14H17N5S/c1-8-10(3)20-14-12(8)13(16-7-17-14)15-5-11-6-19(4)18-9(11)2/h6-7H,5H2,1-4H3,(H,15,16,17). The minimum atomic E-state index is 0.722. The average Bonchev–Trinajstić information content (AvgIpc) is 2.88. The highest BCUT2D eigenvalue weighted by Crippen LogP contribution is 2.32. The number of nitrogens with zero attached hydrogens (tertiary/aromatic N) is 4. The van der Waals surface area contributed by atoms with Gasteiger partial charge in [-0.15, -0.1) is 11.3 Å². The van der Waals surface area contributed by atoms with Crippen LogP contribution in [0.25, 0.3) is 10.2 Å². The molecule has 6 heteroatoms. The molecule has 1 N–H and O–H groups in total. The quantitative estimate of drug-likeness (QED) is 0.804. The summed E-state index contributed by atoms with van der Waals surface area (Å²) in [6, 6.07) is 0. The van der Waals surface area contributed by atoms with E-state index < -0.39 is 0 Å². The van der Waals surface area contributed by atoms with Gasteiger partial charge >= 0.3 is 0 Å². The predicted molar refractivity (Wildman–Crippen MR) is 82.2 cm³/mol. The Labute approximate surface area is 121 Å². The normalized spacial score (nSPS) is 11.2. The van der Waals surface area contributed by atoms with E-state index in [2.05, 4.69) is 34.2 Å². The fourth-order valence-electron chi connectivity index (χ4n) is 2.32. The molecule has 0 amide bonds. The molecule has 0 atom stereocenters. The molecule has 20 heavy (non-hydrogen) atoms. The number of anilines is 1. The largest absolute Gasteiger partial charge is 0.365 e. The van der Waals surface area contributed by atoms with Crippen molar-refractivity contribution < 1.29 is 0 Å². The molecule has 0 saturated carbocycles. The first-order valence-corrected chi connectivity index (χ1v) is 7.31. The van der Waals surface area contributed by atoms with Crippen LogP contribution in [0.4, 0.5) is 5.82 Å². The summed E-state index contributed by atoms with van der Waals surface area (Å²) in [5, 5.41) is 8.90. The molecule has 0 aliphatic rings. The van der Waals surface area contributed by atoms with Crippen molar-refractivity contribution in [3.05, 3.63) is 34.2 Å². The molecule has 0 fully saturated rings. The van der Waals surface area contributed by atoms with E-state index in [-0.39, 0.29) is 0 Å². The molecule has 3 aromatic rings. The van der Waals surface area contributed by atoms with Crippen molar-refractivity contribution in [2.45, 2.75) is 27.3 Å². The second kappa shape index (κ2) is 4.86. The molecule has 0 spiro atoms. The van der Waals surface area contributed by atoms with Gasteiger partial charge in [-0.05, 0) is 26.3 Å². The Morgan fingerprint density at radius 1 is 1.25 bits per heavy atom. The lowest BCUT2D eigenvalue weighted by molar-refractivity contribution is 0.756. The lowest BCUT2D eigenvalue weighted by Crippen LogP contribution is -2.02. The van der Waals surface area contributed by atoms with E-state index in [1.807, 2.05) is 24.9 Å². The summed E-state index contributed by atoms with van der Waals surface area (Å²) in [6.45, 7) is 6.99. The van der Waals surface area contributed by atoms with E-state index in [9.17, 15) is 0 Å². The van der Waals surface area contributed by atoms with Crippen molar-refractivity contribution >= 4 is 27.4 Å². The van der Waals surface area contributed by atoms with Crippen LogP contribution >= 0.6 is 11.3 Å². The van der Waals surface area contributed by atoms with Gasteiger partial charge in [0.25, 0.3) is 0 Å². The van der Waals surface area contributed by atoms with Gasteiger partial charge in [0, 0.05) is 30.2 Å². The summed E-state index contributed by atoms with van der Waals surface area (Å²) in [7, 11) is 1.94. The second-order valence-electron chi connectivity index (χ2n) is 4.95. The van der Waals surface area contributed by atoms with Crippen molar-refractivity contribution in [3.63, 3.8) is 0 Å². The van der Waals surface area contributed by atoms with Crippen molar-refractivity contribution in [3.8, 4) is 0 Å². The van der Waals surface area contributed by atoms with Crippen LogP contribution in [0.15, 0.2) is 12.5 Å². The van der Waals surface area contributed by atoms with Crippen LogP contribution in [0.3, 0.4) is 0 Å². The third-order valence-corrected chi connectivity index (χ3v) is 4.64. The topological polar surface area (TPSA) is 55.6 Å². The summed E-state index contributed by atoms with van der Waals surface area (Å²) < 4.78 is 1.84. The van der Waals surface area contributed by atoms with Crippen molar-refractivity contribution in [2.75, 3.05) is 5.32 Å². The monoisotopic (exact) mass is 287 g/mol. The first-order chi connectivity index (χ1) is 9.56.